The van der Waals surface area contributed by atoms with Gasteiger partial charge in [-0.2, -0.15) is 0 Å². The monoisotopic (exact) mass is 170 g/mol. The molecule has 0 aliphatic heterocycles. The summed E-state index contributed by atoms with van der Waals surface area (Å²) >= 11 is 0. The minimum Gasteiger partial charge on any atom is -0.521 e. The minimum atomic E-state index is -0.653. The molecule has 0 heterocycles. The molecule has 0 aliphatic rings. The molecule has 0 atom stereocenters. The summed E-state index contributed by atoms with van der Waals surface area (Å²) in [5.41, 5.74) is 2.38. The molecular weight excluding hydrogens is 156 g/mol. The van der Waals surface area contributed by atoms with Crippen LogP contribution >= 0.6 is 0 Å². The highest BCUT2D eigenvalue weighted by Gasteiger charge is 1.98. The van der Waals surface area contributed by atoms with Crippen molar-refractivity contribution in [3.63, 3.8) is 0 Å². The summed E-state index contributed by atoms with van der Waals surface area (Å²) in [4.78, 5) is 10.7. The van der Waals surface area contributed by atoms with Gasteiger partial charge in [0.2, 0.25) is 9.76 Å². The predicted molar refractivity (Wildman–Crippen MR) is 48.0 cm³/mol. The van der Waals surface area contributed by atoms with Crippen molar-refractivity contribution in [2.45, 2.75) is 19.9 Å². The Labute approximate surface area is 69.9 Å². The van der Waals surface area contributed by atoms with Crippen LogP contribution in [-0.4, -0.2) is 15.7 Å². The molecule has 0 spiro atoms. The summed E-state index contributed by atoms with van der Waals surface area (Å²) in [7, 11) is -0.653. The van der Waals surface area contributed by atoms with Crippen LogP contribution in [0.3, 0.4) is 0 Å². The Kier molecular flexibility index (Phi) is 5.52. The SMILES string of the molecule is C=C=CC(=O)O[SiH2]CC(C)C. The van der Waals surface area contributed by atoms with Crippen molar-refractivity contribution in [3.05, 3.63) is 18.4 Å². The van der Waals surface area contributed by atoms with Crippen LogP contribution < -0.4 is 0 Å². The highest BCUT2D eigenvalue weighted by atomic mass is 28.2. The predicted octanol–water partition coefficient (Wildman–Crippen LogP) is 1.03. The second-order valence-electron chi connectivity index (χ2n) is 2.70. The van der Waals surface area contributed by atoms with Gasteiger partial charge in [-0.3, -0.25) is 0 Å². The second-order valence-corrected chi connectivity index (χ2v) is 3.97. The van der Waals surface area contributed by atoms with E-state index in [1.54, 1.807) is 0 Å². The van der Waals surface area contributed by atoms with Gasteiger partial charge < -0.3 is 4.43 Å². The molecule has 0 aromatic rings. The van der Waals surface area contributed by atoms with Crippen LogP contribution in [0.25, 0.3) is 0 Å². The lowest BCUT2D eigenvalue weighted by atomic mass is 10.3. The Balaban J connectivity index is 3.39. The number of carbonyl (C=O) groups is 1. The number of hydrogen-bond donors (Lipinski definition) is 0. The second kappa shape index (κ2) is 5.95. The van der Waals surface area contributed by atoms with E-state index in [2.05, 4.69) is 26.2 Å². The van der Waals surface area contributed by atoms with E-state index in [4.69, 9.17) is 4.43 Å². The molecule has 0 amide bonds. The fourth-order valence-corrected chi connectivity index (χ4v) is 1.39. The fraction of sp³-hybridized carbons (Fsp3) is 0.500. The molecule has 2 nitrogen and oxygen atoms in total. The summed E-state index contributed by atoms with van der Waals surface area (Å²) < 4.78 is 4.94. The minimum absolute atomic E-state index is 0.299. The van der Waals surface area contributed by atoms with Crippen LogP contribution in [0.2, 0.25) is 6.04 Å². The summed E-state index contributed by atoms with van der Waals surface area (Å²) in [5, 5.41) is 0. The molecule has 0 aromatic carbocycles. The van der Waals surface area contributed by atoms with Crippen molar-refractivity contribution in [1.82, 2.24) is 0 Å². The van der Waals surface area contributed by atoms with Crippen LogP contribution in [0.4, 0.5) is 0 Å². The third-order valence-corrected chi connectivity index (χ3v) is 3.04. The molecule has 62 valence electrons. The van der Waals surface area contributed by atoms with Gasteiger partial charge in [-0.15, -0.1) is 5.73 Å². The lowest BCUT2D eigenvalue weighted by Crippen LogP contribution is -2.07. The van der Waals surface area contributed by atoms with E-state index in [-0.39, 0.29) is 5.97 Å². The number of carbonyl (C=O) groups excluding carboxylic acids is 1. The number of rotatable bonds is 4. The van der Waals surface area contributed by atoms with Crippen LogP contribution in [0.5, 0.6) is 0 Å². The molecule has 11 heavy (non-hydrogen) atoms. The number of hydrogen-bond acceptors (Lipinski definition) is 2. The first-order valence-electron chi connectivity index (χ1n) is 3.69. The molecule has 0 aromatic heterocycles. The zero-order chi connectivity index (χ0) is 8.69. The van der Waals surface area contributed by atoms with Gasteiger partial charge >= 0.3 is 5.97 Å². The van der Waals surface area contributed by atoms with Crippen LogP contribution in [0.1, 0.15) is 13.8 Å². The quantitative estimate of drug-likeness (QED) is 0.358. The van der Waals surface area contributed by atoms with Crippen LogP contribution in [0, 0.1) is 5.92 Å². The molecule has 0 unspecified atom stereocenters. The Bertz CT molecular complexity index is 169. The van der Waals surface area contributed by atoms with Crippen LogP contribution in [-0.2, 0) is 9.22 Å². The molecule has 0 fully saturated rings. The topological polar surface area (TPSA) is 26.3 Å². The molecule has 0 saturated carbocycles. The highest BCUT2D eigenvalue weighted by Crippen LogP contribution is 1.98. The lowest BCUT2D eigenvalue weighted by molar-refractivity contribution is -0.128. The molecule has 0 bridgehead atoms. The maximum Gasteiger partial charge on any atom is 0.324 e. The first-order chi connectivity index (χ1) is 5.16. The first kappa shape index (κ1) is 10.2. The highest BCUT2D eigenvalue weighted by molar-refractivity contribution is 6.31. The van der Waals surface area contributed by atoms with Gasteiger partial charge in [0.15, 0.2) is 0 Å². The van der Waals surface area contributed by atoms with Crippen molar-refractivity contribution < 1.29 is 9.22 Å². The van der Waals surface area contributed by atoms with E-state index in [1.165, 1.54) is 6.08 Å². The van der Waals surface area contributed by atoms with E-state index in [0.717, 1.165) is 6.04 Å². The van der Waals surface area contributed by atoms with Gasteiger partial charge in [0.1, 0.15) is 0 Å². The molecule has 0 rings (SSSR count). The molecular formula is C8H14O2Si. The van der Waals surface area contributed by atoms with Crippen molar-refractivity contribution in [1.29, 1.82) is 0 Å². The van der Waals surface area contributed by atoms with E-state index < -0.39 is 9.76 Å². The van der Waals surface area contributed by atoms with Crippen molar-refractivity contribution in [2.24, 2.45) is 5.92 Å². The van der Waals surface area contributed by atoms with E-state index in [1.807, 2.05) is 0 Å². The summed E-state index contributed by atoms with van der Waals surface area (Å²) in [6.45, 7) is 7.51. The van der Waals surface area contributed by atoms with Crippen molar-refractivity contribution >= 4 is 15.7 Å². The van der Waals surface area contributed by atoms with Gasteiger partial charge in [0.25, 0.3) is 0 Å². The van der Waals surface area contributed by atoms with E-state index in [0.29, 0.717) is 5.92 Å². The smallest absolute Gasteiger partial charge is 0.324 e. The van der Waals surface area contributed by atoms with E-state index >= 15 is 0 Å². The zero-order valence-corrected chi connectivity index (χ0v) is 8.51. The molecule has 0 N–H and O–H groups in total. The molecule has 0 radical (unpaired) electrons. The van der Waals surface area contributed by atoms with Gasteiger partial charge in [0, 0.05) is 0 Å². The van der Waals surface area contributed by atoms with E-state index in [9.17, 15) is 4.79 Å². The molecule has 3 heteroatoms. The van der Waals surface area contributed by atoms with Crippen molar-refractivity contribution in [3.8, 4) is 0 Å². The Morgan fingerprint density at radius 3 is 2.91 bits per heavy atom. The van der Waals surface area contributed by atoms with Gasteiger partial charge in [-0.25, -0.2) is 4.79 Å². The summed E-state index contributed by atoms with van der Waals surface area (Å²) in [6, 6.07) is 1.04. The zero-order valence-electron chi connectivity index (χ0n) is 7.09. The standard InChI is InChI=1S/C8H14O2Si/c1-4-5-8(9)10-11-6-7(2)3/h5,7H,1,6,11H2,2-3H3. The fourth-order valence-electron chi connectivity index (χ4n) is 0.520. The van der Waals surface area contributed by atoms with Gasteiger partial charge in [0.05, 0.1) is 6.08 Å². The van der Waals surface area contributed by atoms with Crippen LogP contribution in [0.15, 0.2) is 18.4 Å². The Morgan fingerprint density at radius 2 is 2.45 bits per heavy atom. The summed E-state index contributed by atoms with van der Waals surface area (Å²) in [6.07, 6.45) is 1.23. The Morgan fingerprint density at radius 1 is 1.82 bits per heavy atom. The summed E-state index contributed by atoms with van der Waals surface area (Å²) in [5.74, 6) is 0.328. The average molecular weight is 170 g/mol. The maximum atomic E-state index is 10.7. The van der Waals surface area contributed by atoms with Gasteiger partial charge in [-0.1, -0.05) is 20.4 Å². The van der Waals surface area contributed by atoms with Crippen molar-refractivity contribution in [2.75, 3.05) is 0 Å². The first-order valence-corrected chi connectivity index (χ1v) is 5.27. The third-order valence-electron chi connectivity index (χ3n) is 1.16. The normalized spacial score (nSPS) is 10.1. The van der Waals surface area contributed by atoms with Gasteiger partial charge in [-0.05, 0) is 12.0 Å². The molecule has 0 aliphatic carbocycles. The lowest BCUT2D eigenvalue weighted by Gasteiger charge is -2.02. The largest absolute Gasteiger partial charge is 0.521 e. The third kappa shape index (κ3) is 7.10. The maximum absolute atomic E-state index is 10.7. The average Bonchev–Trinajstić information content (AvgIpc) is 1.87. The Hall–Kier alpha value is -0.793. The molecule has 0 saturated heterocycles.